The molecule has 0 spiro atoms. The minimum Gasteiger partial charge on any atom is -0.495 e. The maximum atomic E-state index is 14.1. The molecule has 1 aliphatic rings. The van der Waals surface area contributed by atoms with Gasteiger partial charge in [0, 0.05) is 11.8 Å². The molecule has 3 heterocycles. The van der Waals surface area contributed by atoms with E-state index in [1.165, 1.54) is 0 Å². The molecule has 0 unspecified atom stereocenters. The second-order valence-corrected chi connectivity index (χ2v) is 9.51. The van der Waals surface area contributed by atoms with Crippen molar-refractivity contribution in [3.8, 4) is 17.3 Å². The standard InChI is InChI=1S/C31H29N5O2/c1-21-16-17-28(38-3)26(19-21)32-31(37)35-20-25-22(2)33-36(24-13-8-5-9-14-24)30(25)34-18-10-15-27(34)29(35)23-11-6-4-7-12-23/h4-19,29H,20H2,1-3H3,(H,32,37)/t29-/m1/s1. The van der Waals surface area contributed by atoms with Gasteiger partial charge in [0.2, 0.25) is 0 Å². The molecule has 0 fully saturated rings. The highest BCUT2D eigenvalue weighted by atomic mass is 16.5. The lowest BCUT2D eigenvalue weighted by atomic mass is 10.0. The molecule has 6 rings (SSSR count). The van der Waals surface area contributed by atoms with Crippen LogP contribution in [0.25, 0.3) is 11.5 Å². The molecule has 7 heteroatoms. The van der Waals surface area contributed by atoms with Crippen molar-refractivity contribution >= 4 is 11.7 Å². The van der Waals surface area contributed by atoms with Crippen LogP contribution in [0.15, 0.2) is 97.2 Å². The number of amides is 2. The van der Waals surface area contributed by atoms with Gasteiger partial charge in [0.15, 0.2) is 0 Å². The summed E-state index contributed by atoms with van der Waals surface area (Å²) in [6.45, 7) is 4.38. The predicted octanol–water partition coefficient (Wildman–Crippen LogP) is 6.43. The van der Waals surface area contributed by atoms with E-state index in [2.05, 4.69) is 34.3 Å². The minimum atomic E-state index is -0.321. The van der Waals surface area contributed by atoms with E-state index in [0.717, 1.165) is 39.6 Å². The van der Waals surface area contributed by atoms with Gasteiger partial charge in [0.25, 0.3) is 0 Å². The van der Waals surface area contributed by atoms with E-state index in [9.17, 15) is 4.79 Å². The summed E-state index contributed by atoms with van der Waals surface area (Å²) >= 11 is 0. The largest absolute Gasteiger partial charge is 0.495 e. The van der Waals surface area contributed by atoms with E-state index in [4.69, 9.17) is 9.84 Å². The lowest BCUT2D eigenvalue weighted by Gasteiger charge is -2.31. The van der Waals surface area contributed by atoms with Crippen LogP contribution in [0, 0.1) is 13.8 Å². The number of para-hydroxylation sites is 1. The maximum absolute atomic E-state index is 14.1. The number of aromatic nitrogens is 3. The highest BCUT2D eigenvalue weighted by molar-refractivity contribution is 5.92. The third kappa shape index (κ3) is 4.02. The fraction of sp³-hybridized carbons (Fsp3) is 0.161. The maximum Gasteiger partial charge on any atom is 0.323 e. The Bertz CT molecular complexity index is 1600. The van der Waals surface area contributed by atoms with Gasteiger partial charge < -0.3 is 19.5 Å². The van der Waals surface area contributed by atoms with Gasteiger partial charge in [-0.3, -0.25) is 0 Å². The molecule has 2 aromatic heterocycles. The molecule has 5 aromatic rings. The molecule has 1 aliphatic heterocycles. The number of hydrogen-bond donors (Lipinski definition) is 1. The summed E-state index contributed by atoms with van der Waals surface area (Å²) in [6.07, 6.45) is 2.05. The highest BCUT2D eigenvalue weighted by Crippen LogP contribution is 2.39. The van der Waals surface area contributed by atoms with Gasteiger partial charge >= 0.3 is 6.03 Å². The third-order valence-corrected chi connectivity index (χ3v) is 7.06. The van der Waals surface area contributed by atoms with E-state index >= 15 is 0 Å². The Morgan fingerprint density at radius 3 is 2.42 bits per heavy atom. The molecule has 0 bridgehead atoms. The molecular weight excluding hydrogens is 474 g/mol. The summed E-state index contributed by atoms with van der Waals surface area (Å²) in [4.78, 5) is 16.0. The zero-order valence-corrected chi connectivity index (χ0v) is 21.6. The number of benzene rings is 3. The average molecular weight is 504 g/mol. The quantitative estimate of drug-likeness (QED) is 0.308. The molecule has 3 aromatic carbocycles. The number of carbonyl (C=O) groups excluding carboxylic acids is 1. The number of hydrogen-bond acceptors (Lipinski definition) is 3. The number of urea groups is 1. The zero-order chi connectivity index (χ0) is 26.2. The van der Waals surface area contributed by atoms with Gasteiger partial charge in [-0.25, -0.2) is 9.48 Å². The lowest BCUT2D eigenvalue weighted by Crippen LogP contribution is -2.38. The minimum absolute atomic E-state index is 0.213. The van der Waals surface area contributed by atoms with Gasteiger partial charge in [0.05, 0.1) is 42.5 Å². The summed E-state index contributed by atoms with van der Waals surface area (Å²) in [5, 5.41) is 8.05. The van der Waals surface area contributed by atoms with E-state index in [-0.39, 0.29) is 12.1 Å². The monoisotopic (exact) mass is 503 g/mol. The van der Waals surface area contributed by atoms with Crippen molar-refractivity contribution in [2.45, 2.75) is 26.4 Å². The van der Waals surface area contributed by atoms with Crippen molar-refractivity contribution in [3.63, 3.8) is 0 Å². The van der Waals surface area contributed by atoms with Gasteiger partial charge in [-0.1, -0.05) is 54.6 Å². The van der Waals surface area contributed by atoms with Crippen LogP contribution in [0.3, 0.4) is 0 Å². The van der Waals surface area contributed by atoms with Crippen LogP contribution in [0.2, 0.25) is 0 Å². The Balaban J connectivity index is 1.53. The molecule has 7 nitrogen and oxygen atoms in total. The summed E-state index contributed by atoms with van der Waals surface area (Å²) in [6, 6.07) is 29.6. The molecule has 2 amide bonds. The topological polar surface area (TPSA) is 64.3 Å². The van der Waals surface area contributed by atoms with Gasteiger partial charge in [-0.15, -0.1) is 0 Å². The van der Waals surface area contributed by atoms with E-state index in [1.54, 1.807) is 7.11 Å². The number of nitrogens with one attached hydrogen (secondary N) is 1. The molecule has 0 saturated heterocycles. The summed E-state index contributed by atoms with van der Waals surface area (Å²) < 4.78 is 9.69. The van der Waals surface area contributed by atoms with Gasteiger partial charge in [-0.2, -0.15) is 5.10 Å². The Morgan fingerprint density at radius 1 is 0.947 bits per heavy atom. The highest BCUT2D eigenvalue weighted by Gasteiger charge is 2.36. The number of methoxy groups -OCH3 is 1. The first-order valence-corrected chi connectivity index (χ1v) is 12.6. The van der Waals surface area contributed by atoms with E-state index < -0.39 is 0 Å². The third-order valence-electron chi connectivity index (χ3n) is 7.06. The SMILES string of the molecule is COc1ccc(C)cc1NC(=O)N1Cc2c(C)nn(-c3ccccc3)c2-n2cccc2[C@H]1c1ccccc1. The van der Waals surface area contributed by atoms with Crippen LogP contribution in [0.1, 0.15) is 34.1 Å². The molecule has 0 aliphatic carbocycles. The van der Waals surface area contributed by atoms with Crippen molar-refractivity contribution in [3.05, 3.63) is 125 Å². The molecular formula is C31H29N5O2. The fourth-order valence-corrected chi connectivity index (χ4v) is 5.24. The van der Waals surface area contributed by atoms with Crippen LogP contribution >= 0.6 is 0 Å². The normalized spacial score (nSPS) is 14.4. The van der Waals surface area contributed by atoms with Gasteiger partial charge in [0.1, 0.15) is 11.6 Å². The van der Waals surface area contributed by atoms with Gasteiger partial charge in [-0.05, 0) is 61.4 Å². The first kappa shape index (κ1) is 23.6. The first-order valence-electron chi connectivity index (χ1n) is 12.6. The number of ether oxygens (including phenoxy) is 1. The zero-order valence-electron chi connectivity index (χ0n) is 21.6. The Kier molecular flexibility index (Phi) is 5.96. The van der Waals surface area contributed by atoms with Crippen LogP contribution in [0.5, 0.6) is 5.75 Å². The number of rotatable bonds is 4. The Morgan fingerprint density at radius 2 is 1.68 bits per heavy atom. The van der Waals surface area contributed by atoms with Crippen molar-refractivity contribution < 1.29 is 9.53 Å². The summed E-state index contributed by atoms with van der Waals surface area (Å²) in [7, 11) is 1.61. The summed E-state index contributed by atoms with van der Waals surface area (Å²) in [5.74, 6) is 1.56. The van der Waals surface area contributed by atoms with Crippen LogP contribution in [-0.2, 0) is 6.54 Å². The number of aryl methyl sites for hydroxylation is 2. The Labute approximate surface area is 221 Å². The second kappa shape index (κ2) is 9.59. The van der Waals surface area contributed by atoms with Crippen molar-refractivity contribution in [1.82, 2.24) is 19.2 Å². The van der Waals surface area contributed by atoms with E-state index in [1.807, 2.05) is 96.2 Å². The number of fused-ring (bicyclic) bond motifs is 3. The van der Waals surface area contributed by atoms with E-state index in [0.29, 0.717) is 18.0 Å². The van der Waals surface area contributed by atoms with Crippen molar-refractivity contribution in [2.24, 2.45) is 0 Å². The predicted molar refractivity (Wildman–Crippen MR) is 148 cm³/mol. The molecule has 0 saturated carbocycles. The average Bonchev–Trinajstić information content (AvgIpc) is 3.50. The molecule has 1 N–H and O–H groups in total. The molecule has 190 valence electrons. The smallest absolute Gasteiger partial charge is 0.323 e. The molecule has 1 atom stereocenters. The van der Waals surface area contributed by atoms with Crippen LogP contribution < -0.4 is 10.1 Å². The van der Waals surface area contributed by atoms with Crippen LogP contribution in [-0.4, -0.2) is 32.4 Å². The van der Waals surface area contributed by atoms with Crippen molar-refractivity contribution in [2.75, 3.05) is 12.4 Å². The summed E-state index contributed by atoms with van der Waals surface area (Å²) in [5.41, 5.74) is 6.53. The Hall–Kier alpha value is -4.78. The lowest BCUT2D eigenvalue weighted by molar-refractivity contribution is 0.194. The first-order chi connectivity index (χ1) is 18.5. The number of nitrogens with zero attached hydrogens (tertiary/aromatic N) is 4. The second-order valence-electron chi connectivity index (χ2n) is 9.51. The molecule has 38 heavy (non-hydrogen) atoms. The number of anilines is 1. The number of carbonyl (C=O) groups is 1. The fourth-order valence-electron chi connectivity index (χ4n) is 5.24. The van der Waals surface area contributed by atoms with Crippen LogP contribution in [0.4, 0.5) is 10.5 Å². The molecule has 0 radical (unpaired) electrons. The van der Waals surface area contributed by atoms with Crippen molar-refractivity contribution in [1.29, 1.82) is 0 Å².